The van der Waals surface area contributed by atoms with Gasteiger partial charge in [0.15, 0.2) is 0 Å². The number of carboxylic acid groups (broad SMARTS) is 1. The lowest BCUT2D eigenvalue weighted by Gasteiger charge is -1.89. The summed E-state index contributed by atoms with van der Waals surface area (Å²) in [5.74, 6) is -0.729. The summed E-state index contributed by atoms with van der Waals surface area (Å²) in [5.41, 5.74) is 0. The Hall–Kier alpha value is -1.35. The van der Waals surface area contributed by atoms with Crippen LogP contribution in [0.4, 0.5) is 0 Å². The van der Waals surface area contributed by atoms with Gasteiger partial charge in [0.05, 0.1) is 0 Å². The highest BCUT2D eigenvalue weighted by atomic mass is 16.4. The maximum atomic E-state index is 10.2. The van der Waals surface area contributed by atoms with Crippen LogP contribution in [0, 0.1) is 0 Å². The highest BCUT2D eigenvalue weighted by Crippen LogP contribution is 1.98. The molecule has 17 heavy (non-hydrogen) atoms. The molecule has 0 heterocycles. The molecule has 0 atom stereocenters. The molecule has 0 saturated heterocycles. The quantitative estimate of drug-likeness (QED) is 0.454. The SMILES string of the molecule is O=C(O)CCCC=CCC=CCC=CCCO. The van der Waals surface area contributed by atoms with Gasteiger partial charge in [0.25, 0.3) is 0 Å². The van der Waals surface area contributed by atoms with E-state index in [2.05, 4.69) is 18.2 Å². The molecule has 0 aromatic carbocycles. The van der Waals surface area contributed by atoms with Crippen molar-refractivity contribution < 1.29 is 15.0 Å². The van der Waals surface area contributed by atoms with Crippen LogP contribution in [-0.4, -0.2) is 22.8 Å². The lowest BCUT2D eigenvalue weighted by molar-refractivity contribution is -0.137. The largest absolute Gasteiger partial charge is 0.481 e. The van der Waals surface area contributed by atoms with Gasteiger partial charge in [0.2, 0.25) is 0 Å². The number of rotatable bonds is 10. The second-order valence-corrected chi connectivity index (χ2v) is 3.68. The number of carbonyl (C=O) groups is 1. The molecule has 0 unspecified atom stereocenters. The van der Waals surface area contributed by atoms with Crippen molar-refractivity contribution in [3.05, 3.63) is 36.5 Å². The minimum absolute atomic E-state index is 0.208. The first-order chi connectivity index (χ1) is 8.27. The predicted molar refractivity (Wildman–Crippen MR) is 69.8 cm³/mol. The number of aliphatic carboxylic acids is 1. The van der Waals surface area contributed by atoms with Crippen LogP contribution < -0.4 is 0 Å². The van der Waals surface area contributed by atoms with Crippen LogP contribution in [-0.2, 0) is 4.79 Å². The van der Waals surface area contributed by atoms with Crippen molar-refractivity contribution >= 4 is 5.97 Å². The van der Waals surface area contributed by atoms with Crippen molar-refractivity contribution in [1.82, 2.24) is 0 Å². The Morgan fingerprint density at radius 2 is 1.41 bits per heavy atom. The number of unbranched alkanes of at least 4 members (excludes halogenated alkanes) is 1. The standard InChI is InChI=1S/C14H22O3/c15-13-11-9-7-5-3-1-2-4-6-8-10-12-14(16)17/h1,3-4,6-7,9,15H,2,5,8,10-13H2,(H,16,17). The summed E-state index contributed by atoms with van der Waals surface area (Å²) in [6.45, 7) is 0.208. The minimum Gasteiger partial charge on any atom is -0.481 e. The van der Waals surface area contributed by atoms with E-state index >= 15 is 0 Å². The molecule has 0 aliphatic rings. The summed E-state index contributed by atoms with van der Waals surface area (Å²) in [6, 6.07) is 0. The molecule has 0 bridgehead atoms. The van der Waals surface area contributed by atoms with E-state index in [0.29, 0.717) is 6.42 Å². The van der Waals surface area contributed by atoms with Gasteiger partial charge in [-0.1, -0.05) is 36.5 Å². The van der Waals surface area contributed by atoms with Gasteiger partial charge >= 0.3 is 5.97 Å². The molecular weight excluding hydrogens is 216 g/mol. The second-order valence-electron chi connectivity index (χ2n) is 3.68. The zero-order valence-corrected chi connectivity index (χ0v) is 10.2. The van der Waals surface area contributed by atoms with Crippen molar-refractivity contribution in [1.29, 1.82) is 0 Å². The molecule has 3 nitrogen and oxygen atoms in total. The van der Waals surface area contributed by atoms with E-state index in [9.17, 15) is 4.79 Å². The van der Waals surface area contributed by atoms with Gasteiger partial charge in [-0.2, -0.15) is 0 Å². The summed E-state index contributed by atoms with van der Waals surface area (Å²) < 4.78 is 0. The Balaban J connectivity index is 3.34. The van der Waals surface area contributed by atoms with Crippen molar-refractivity contribution in [3.63, 3.8) is 0 Å². The second kappa shape index (κ2) is 12.7. The van der Waals surface area contributed by atoms with Crippen molar-refractivity contribution in [2.75, 3.05) is 6.61 Å². The first-order valence-electron chi connectivity index (χ1n) is 6.05. The molecule has 0 aromatic rings. The molecule has 0 fully saturated rings. The zero-order valence-electron chi connectivity index (χ0n) is 10.2. The average Bonchev–Trinajstić information content (AvgIpc) is 2.30. The van der Waals surface area contributed by atoms with Gasteiger partial charge in [0, 0.05) is 13.0 Å². The van der Waals surface area contributed by atoms with Gasteiger partial charge in [0.1, 0.15) is 0 Å². The topological polar surface area (TPSA) is 57.5 Å². The summed E-state index contributed by atoms with van der Waals surface area (Å²) in [5, 5.41) is 16.9. The number of carboxylic acids is 1. The van der Waals surface area contributed by atoms with E-state index in [1.54, 1.807) is 0 Å². The Morgan fingerprint density at radius 3 is 1.94 bits per heavy atom. The third kappa shape index (κ3) is 14.7. The third-order valence-electron chi connectivity index (χ3n) is 2.10. The van der Waals surface area contributed by atoms with E-state index in [-0.39, 0.29) is 13.0 Å². The molecule has 0 radical (unpaired) electrons. The molecule has 96 valence electrons. The van der Waals surface area contributed by atoms with E-state index in [1.165, 1.54) is 0 Å². The first-order valence-corrected chi connectivity index (χ1v) is 6.05. The molecule has 0 saturated carbocycles. The van der Waals surface area contributed by atoms with Gasteiger partial charge in [-0.05, 0) is 32.1 Å². The molecule has 0 aromatic heterocycles. The van der Waals surface area contributed by atoms with Gasteiger partial charge in [-0.25, -0.2) is 0 Å². The normalized spacial score (nSPS) is 12.1. The van der Waals surface area contributed by atoms with E-state index in [4.69, 9.17) is 10.2 Å². The Bertz CT molecular complexity index is 265. The number of aliphatic hydroxyl groups is 1. The summed E-state index contributed by atoms with van der Waals surface area (Å²) in [6.07, 6.45) is 16.5. The Morgan fingerprint density at radius 1 is 0.882 bits per heavy atom. The monoisotopic (exact) mass is 238 g/mol. The molecule has 0 aliphatic heterocycles. The van der Waals surface area contributed by atoms with E-state index in [1.807, 2.05) is 18.2 Å². The van der Waals surface area contributed by atoms with Crippen molar-refractivity contribution in [2.24, 2.45) is 0 Å². The lowest BCUT2D eigenvalue weighted by Crippen LogP contribution is -1.92. The van der Waals surface area contributed by atoms with Crippen LogP contribution in [0.2, 0.25) is 0 Å². The van der Waals surface area contributed by atoms with Crippen LogP contribution in [0.25, 0.3) is 0 Å². The Labute approximate surface area is 103 Å². The van der Waals surface area contributed by atoms with Crippen LogP contribution in [0.5, 0.6) is 0 Å². The Kier molecular flexibility index (Phi) is 11.7. The molecule has 0 spiro atoms. The lowest BCUT2D eigenvalue weighted by atomic mass is 10.2. The average molecular weight is 238 g/mol. The number of aliphatic hydroxyl groups excluding tert-OH is 1. The molecule has 3 heteroatoms. The third-order valence-corrected chi connectivity index (χ3v) is 2.10. The number of hydrogen-bond donors (Lipinski definition) is 2. The minimum atomic E-state index is -0.729. The van der Waals surface area contributed by atoms with Crippen LogP contribution >= 0.6 is 0 Å². The highest BCUT2D eigenvalue weighted by Gasteiger charge is 1.92. The maximum absolute atomic E-state index is 10.2. The summed E-state index contributed by atoms with van der Waals surface area (Å²) in [7, 11) is 0. The fourth-order valence-corrected chi connectivity index (χ4v) is 1.22. The van der Waals surface area contributed by atoms with Gasteiger partial charge in [-0.15, -0.1) is 0 Å². The van der Waals surface area contributed by atoms with Crippen molar-refractivity contribution in [2.45, 2.75) is 38.5 Å². The van der Waals surface area contributed by atoms with Gasteiger partial charge in [-0.3, -0.25) is 4.79 Å². The fraction of sp³-hybridized carbons (Fsp3) is 0.500. The predicted octanol–water partition coefficient (Wildman–Crippen LogP) is 3.07. The van der Waals surface area contributed by atoms with Crippen LogP contribution in [0.15, 0.2) is 36.5 Å². The van der Waals surface area contributed by atoms with E-state index in [0.717, 1.165) is 25.7 Å². The van der Waals surface area contributed by atoms with Gasteiger partial charge < -0.3 is 10.2 Å². The summed E-state index contributed by atoms with van der Waals surface area (Å²) >= 11 is 0. The molecule has 0 amide bonds. The van der Waals surface area contributed by atoms with Crippen LogP contribution in [0.3, 0.4) is 0 Å². The first kappa shape index (κ1) is 15.7. The fourth-order valence-electron chi connectivity index (χ4n) is 1.22. The molecule has 2 N–H and O–H groups in total. The molecule has 0 aliphatic carbocycles. The van der Waals surface area contributed by atoms with Crippen LogP contribution in [0.1, 0.15) is 38.5 Å². The summed E-state index contributed by atoms with van der Waals surface area (Å²) in [4.78, 5) is 10.2. The van der Waals surface area contributed by atoms with Crippen molar-refractivity contribution in [3.8, 4) is 0 Å². The maximum Gasteiger partial charge on any atom is 0.303 e. The zero-order chi connectivity index (χ0) is 12.8. The highest BCUT2D eigenvalue weighted by molar-refractivity contribution is 5.66. The van der Waals surface area contributed by atoms with E-state index < -0.39 is 5.97 Å². The smallest absolute Gasteiger partial charge is 0.303 e. The molecule has 0 rings (SSSR count). The molecular formula is C14H22O3. The number of hydrogen-bond acceptors (Lipinski definition) is 2. The number of allylic oxidation sites excluding steroid dienone is 5.